The van der Waals surface area contributed by atoms with Crippen LogP contribution >= 0.6 is 0 Å². The van der Waals surface area contributed by atoms with Gasteiger partial charge < -0.3 is 36.3 Å². The molecular weight excluding hydrogens is 464 g/mol. The summed E-state index contributed by atoms with van der Waals surface area (Å²) < 4.78 is 16.7. The number of carbonyl (C=O) groups excluding carboxylic acids is 2. The Morgan fingerprint density at radius 3 is 2.50 bits per heavy atom. The number of hydrogen-bond acceptors (Lipinski definition) is 9. The van der Waals surface area contributed by atoms with Gasteiger partial charge in [0.15, 0.2) is 17.3 Å². The molecule has 11 nitrogen and oxygen atoms in total. The van der Waals surface area contributed by atoms with Crippen LogP contribution < -0.4 is 36.3 Å². The Labute approximate surface area is 208 Å². The topological polar surface area (TPSA) is 164 Å². The van der Waals surface area contributed by atoms with Crippen molar-refractivity contribution in [3.8, 4) is 17.4 Å². The van der Waals surface area contributed by atoms with Crippen molar-refractivity contribution in [2.75, 3.05) is 17.4 Å². The Balaban J connectivity index is 1.72. The number of hydrogen-bond donors (Lipinski definition) is 4. The van der Waals surface area contributed by atoms with E-state index in [2.05, 4.69) is 20.6 Å². The first kappa shape index (κ1) is 24.6. The lowest BCUT2D eigenvalue weighted by molar-refractivity contribution is -0.119. The maximum atomic E-state index is 12.5. The monoisotopic (exact) mass is 492 g/mol. The second-order valence-electron chi connectivity index (χ2n) is 8.64. The molecule has 0 radical (unpaired) electrons. The third-order valence-electron chi connectivity index (χ3n) is 5.33. The lowest BCUT2D eigenvalue weighted by Gasteiger charge is -2.20. The van der Waals surface area contributed by atoms with Crippen LogP contribution in [0.3, 0.4) is 0 Å². The zero-order valence-corrected chi connectivity index (χ0v) is 20.0. The van der Waals surface area contributed by atoms with Crippen molar-refractivity contribution in [2.45, 2.75) is 32.9 Å². The number of nitrogens with one attached hydrogen (secondary N) is 2. The third-order valence-corrected chi connectivity index (χ3v) is 5.33. The first-order chi connectivity index (χ1) is 17.3. The van der Waals surface area contributed by atoms with Gasteiger partial charge in [-0.25, -0.2) is 0 Å². The highest BCUT2D eigenvalue weighted by molar-refractivity contribution is 6.00. The van der Waals surface area contributed by atoms with Gasteiger partial charge in [0.2, 0.25) is 24.5 Å². The summed E-state index contributed by atoms with van der Waals surface area (Å²) in [5.74, 6) is 0.0833. The van der Waals surface area contributed by atoms with Crippen molar-refractivity contribution in [3.63, 3.8) is 0 Å². The summed E-state index contributed by atoms with van der Waals surface area (Å²) in [6, 6.07) is 13.8. The number of aromatic nitrogens is 2. The van der Waals surface area contributed by atoms with E-state index in [-0.39, 0.29) is 42.5 Å². The van der Waals surface area contributed by atoms with E-state index in [0.717, 1.165) is 5.56 Å². The molecule has 1 aliphatic rings. The number of nitrogens with zero attached hydrogens (tertiary/aromatic N) is 2. The van der Waals surface area contributed by atoms with E-state index in [4.69, 9.17) is 25.7 Å². The van der Waals surface area contributed by atoms with E-state index in [1.807, 2.05) is 44.2 Å². The Hall–Kier alpha value is -4.54. The molecule has 1 atom stereocenters. The molecule has 3 aromatic rings. The van der Waals surface area contributed by atoms with Gasteiger partial charge in [-0.2, -0.15) is 9.97 Å². The fourth-order valence-corrected chi connectivity index (χ4v) is 3.63. The molecule has 36 heavy (non-hydrogen) atoms. The predicted molar refractivity (Wildman–Crippen MR) is 133 cm³/mol. The number of anilines is 3. The molecule has 1 aromatic heterocycles. The first-order valence-electron chi connectivity index (χ1n) is 11.4. The summed E-state index contributed by atoms with van der Waals surface area (Å²) in [4.78, 5) is 33.3. The van der Waals surface area contributed by atoms with Crippen LogP contribution in [0.4, 0.5) is 17.5 Å². The van der Waals surface area contributed by atoms with Crippen LogP contribution in [0.5, 0.6) is 17.4 Å². The highest BCUT2D eigenvalue weighted by Crippen LogP contribution is 2.36. The van der Waals surface area contributed by atoms with Gasteiger partial charge in [0.25, 0.3) is 5.91 Å². The summed E-state index contributed by atoms with van der Waals surface area (Å²) in [5.41, 5.74) is 12.7. The van der Waals surface area contributed by atoms with Crippen LogP contribution in [0.15, 0.2) is 48.5 Å². The zero-order valence-electron chi connectivity index (χ0n) is 20.0. The number of primary amides is 2. The number of nitrogens with two attached hydrogens (primary N) is 2. The SMILES string of the molecule is CC(C)CC(Nc1nc(Nc2ccc3c(c2)OCO3)c(C(N)=O)c(OCc2ccccc2)n1)C(N)=O. The van der Waals surface area contributed by atoms with E-state index in [0.29, 0.717) is 23.6 Å². The number of carbonyl (C=O) groups is 2. The summed E-state index contributed by atoms with van der Waals surface area (Å²) in [6.45, 7) is 4.19. The second-order valence-corrected chi connectivity index (χ2v) is 8.64. The van der Waals surface area contributed by atoms with Gasteiger partial charge in [0.1, 0.15) is 18.2 Å². The van der Waals surface area contributed by atoms with Gasteiger partial charge in [-0.15, -0.1) is 0 Å². The summed E-state index contributed by atoms with van der Waals surface area (Å²) in [6.07, 6.45) is 0.460. The van der Waals surface area contributed by atoms with Crippen LogP contribution in [-0.4, -0.2) is 34.6 Å². The van der Waals surface area contributed by atoms with E-state index in [1.165, 1.54) is 0 Å². The average Bonchev–Trinajstić information content (AvgIpc) is 3.30. The predicted octanol–water partition coefficient (Wildman–Crippen LogP) is 2.94. The molecule has 0 saturated heterocycles. The minimum atomic E-state index is -0.790. The molecular formula is C25H28N6O5. The number of amides is 2. The molecule has 1 aliphatic heterocycles. The fourth-order valence-electron chi connectivity index (χ4n) is 3.63. The lowest BCUT2D eigenvalue weighted by Crippen LogP contribution is -2.37. The van der Waals surface area contributed by atoms with E-state index >= 15 is 0 Å². The standard InChI is InChI=1S/C25H28N6O5/c1-14(2)10-17(21(26)32)29-25-30-23(28-16-8-9-18-19(11-16)36-13-35-18)20(22(27)33)24(31-25)34-12-15-6-4-3-5-7-15/h3-9,11,14,17H,10,12-13H2,1-2H3,(H2,26,32)(H2,27,33)(H2,28,29,30,31). The van der Waals surface area contributed by atoms with Crippen molar-refractivity contribution in [1.29, 1.82) is 0 Å². The Bertz CT molecular complexity index is 1250. The van der Waals surface area contributed by atoms with Gasteiger partial charge in [-0.1, -0.05) is 44.2 Å². The second kappa shape index (κ2) is 10.8. The van der Waals surface area contributed by atoms with Crippen LogP contribution in [-0.2, 0) is 11.4 Å². The number of benzene rings is 2. The lowest BCUT2D eigenvalue weighted by atomic mass is 10.0. The van der Waals surface area contributed by atoms with Crippen LogP contribution in [0.2, 0.25) is 0 Å². The quantitative estimate of drug-likeness (QED) is 0.315. The minimum absolute atomic E-state index is 0.0418. The molecule has 0 spiro atoms. The molecule has 6 N–H and O–H groups in total. The van der Waals surface area contributed by atoms with Gasteiger partial charge in [0.05, 0.1) is 0 Å². The maximum absolute atomic E-state index is 12.5. The molecule has 0 aliphatic carbocycles. The fraction of sp³-hybridized carbons (Fsp3) is 0.280. The molecule has 2 heterocycles. The molecule has 11 heteroatoms. The van der Waals surface area contributed by atoms with Crippen LogP contribution in [0, 0.1) is 5.92 Å². The highest BCUT2D eigenvalue weighted by Gasteiger charge is 2.25. The Kier molecular flexibility index (Phi) is 7.38. The molecule has 0 fully saturated rings. The van der Waals surface area contributed by atoms with Crippen molar-refractivity contribution < 1.29 is 23.8 Å². The third kappa shape index (κ3) is 5.93. The van der Waals surface area contributed by atoms with Gasteiger partial charge >= 0.3 is 0 Å². The number of fused-ring (bicyclic) bond motifs is 1. The van der Waals surface area contributed by atoms with Gasteiger partial charge in [0, 0.05) is 11.8 Å². The molecule has 0 saturated carbocycles. The van der Waals surface area contributed by atoms with Crippen LogP contribution in [0.25, 0.3) is 0 Å². The molecule has 2 amide bonds. The van der Waals surface area contributed by atoms with Crippen molar-refractivity contribution in [3.05, 3.63) is 59.7 Å². The maximum Gasteiger partial charge on any atom is 0.258 e. The average molecular weight is 493 g/mol. The van der Waals surface area contributed by atoms with E-state index in [1.54, 1.807) is 18.2 Å². The van der Waals surface area contributed by atoms with Gasteiger partial charge in [-0.05, 0) is 30.0 Å². The van der Waals surface area contributed by atoms with E-state index < -0.39 is 17.9 Å². The molecule has 4 rings (SSSR count). The minimum Gasteiger partial charge on any atom is -0.472 e. The number of rotatable bonds is 11. The zero-order chi connectivity index (χ0) is 25.7. The summed E-state index contributed by atoms with van der Waals surface area (Å²) in [7, 11) is 0. The Morgan fingerprint density at radius 1 is 1.06 bits per heavy atom. The summed E-state index contributed by atoms with van der Waals surface area (Å²) >= 11 is 0. The Morgan fingerprint density at radius 2 is 1.81 bits per heavy atom. The van der Waals surface area contributed by atoms with Gasteiger partial charge in [-0.3, -0.25) is 9.59 Å². The summed E-state index contributed by atoms with van der Waals surface area (Å²) in [5, 5.41) is 6.05. The first-order valence-corrected chi connectivity index (χ1v) is 11.4. The number of ether oxygens (including phenoxy) is 3. The van der Waals surface area contributed by atoms with Crippen LogP contribution in [0.1, 0.15) is 36.2 Å². The van der Waals surface area contributed by atoms with Crippen molar-refractivity contribution >= 4 is 29.3 Å². The smallest absolute Gasteiger partial charge is 0.258 e. The molecule has 1 unspecified atom stereocenters. The van der Waals surface area contributed by atoms with E-state index in [9.17, 15) is 9.59 Å². The highest BCUT2D eigenvalue weighted by atomic mass is 16.7. The molecule has 2 aromatic carbocycles. The van der Waals surface area contributed by atoms with Crippen molar-refractivity contribution in [2.24, 2.45) is 17.4 Å². The normalized spacial score (nSPS) is 12.8. The molecule has 0 bridgehead atoms. The largest absolute Gasteiger partial charge is 0.472 e. The molecule has 188 valence electrons. The van der Waals surface area contributed by atoms with Crippen molar-refractivity contribution in [1.82, 2.24) is 9.97 Å².